The lowest BCUT2D eigenvalue weighted by Crippen LogP contribution is -2.55. The predicted molar refractivity (Wildman–Crippen MR) is 41.8 cm³/mol. The van der Waals surface area contributed by atoms with Gasteiger partial charge >= 0.3 is 30.3 Å². The topological polar surface area (TPSA) is 43.4 Å². The number of hydrogen-bond acceptors (Lipinski definition) is 3. The Hall–Kier alpha value is -0.930. The summed E-state index contributed by atoms with van der Waals surface area (Å²) < 4.78 is 167. The molecule has 0 aliphatic heterocycles. The van der Waals surface area contributed by atoms with Gasteiger partial charge in [0.15, 0.2) is 0 Å². The molecule has 0 bridgehead atoms. The molecule has 0 rings (SSSR count). The smallest absolute Gasteiger partial charge is 0.199 e. The normalized spacial score (nSPS) is 16.0. The minimum Gasteiger partial charge on any atom is -0.199 e. The van der Waals surface area contributed by atoms with Crippen molar-refractivity contribution in [2.45, 2.75) is 30.3 Å². The van der Waals surface area contributed by atoms with Crippen molar-refractivity contribution in [2.75, 3.05) is 5.75 Å². The third-order valence-corrected chi connectivity index (χ3v) is 2.91. The summed E-state index contributed by atoms with van der Waals surface area (Å²) in [6, 6.07) is 0. The second kappa shape index (κ2) is 5.31. The van der Waals surface area contributed by atoms with E-state index in [-0.39, 0.29) is 0 Å². The fourth-order valence-electron chi connectivity index (χ4n) is 0.756. The molecule has 22 heavy (non-hydrogen) atoms. The van der Waals surface area contributed by atoms with Gasteiger partial charge in [-0.2, -0.15) is 65.3 Å². The summed E-state index contributed by atoms with van der Waals surface area (Å²) in [5, 5.41) is 0. The summed E-state index contributed by atoms with van der Waals surface area (Å²) in [6.07, 6.45) is -20.4. The Bertz CT molecular complexity index is 500. The first-order valence-corrected chi connectivity index (χ1v) is 5.94. The summed E-state index contributed by atoms with van der Waals surface area (Å²) in [7, 11) is -6.82. The summed E-state index contributed by atoms with van der Waals surface area (Å²) in [5.74, 6) is -17.4. The number of rotatable bonds is 5. The van der Waals surface area contributed by atoms with E-state index >= 15 is 0 Å². The van der Waals surface area contributed by atoms with Crippen LogP contribution in [0.25, 0.3) is 0 Å². The lowest BCUT2D eigenvalue weighted by Gasteiger charge is -2.28. The fraction of sp³-hybridized carbons (Fsp3) is 1.00. The van der Waals surface area contributed by atoms with Crippen LogP contribution < -0.4 is 0 Å². The van der Waals surface area contributed by atoms with Gasteiger partial charge in [0.1, 0.15) is 5.75 Å². The summed E-state index contributed by atoms with van der Waals surface area (Å²) in [5.41, 5.74) is 0. The Kier molecular flexibility index (Phi) is 5.09. The van der Waals surface area contributed by atoms with Crippen molar-refractivity contribution >= 4 is 10.1 Å². The van der Waals surface area contributed by atoms with Crippen LogP contribution >= 0.6 is 0 Å². The van der Waals surface area contributed by atoms with E-state index in [1.807, 2.05) is 4.18 Å². The first-order valence-electron chi connectivity index (χ1n) is 4.36. The molecule has 0 aromatic carbocycles. The highest BCUT2D eigenvalue weighted by atomic mass is 32.2. The zero-order valence-corrected chi connectivity index (χ0v) is 10.2. The first kappa shape index (κ1) is 21.1. The molecule has 16 heteroatoms. The van der Waals surface area contributed by atoms with Crippen molar-refractivity contribution in [3.8, 4) is 0 Å². The van der Waals surface area contributed by atoms with Crippen LogP contribution in [0.1, 0.15) is 0 Å². The SMILES string of the molecule is O=S(=O)(CC(F)(F)C(F)(F)C(F)(F)F)OC(F)(F)C(F)(F)F. The molecule has 0 saturated carbocycles. The van der Waals surface area contributed by atoms with Gasteiger partial charge in [-0.1, -0.05) is 0 Å². The minimum atomic E-state index is -7.02. The van der Waals surface area contributed by atoms with Gasteiger partial charge in [-0.15, -0.1) is 0 Å². The Balaban J connectivity index is 5.48. The Labute approximate surface area is 112 Å². The molecule has 0 heterocycles. The average Bonchev–Trinajstić information content (AvgIpc) is 2.08. The van der Waals surface area contributed by atoms with Gasteiger partial charge in [0.2, 0.25) is 0 Å². The number of alkyl halides is 12. The second-order valence-corrected chi connectivity index (χ2v) is 5.15. The van der Waals surface area contributed by atoms with Gasteiger partial charge in [-0.3, -0.25) is 0 Å². The molecule has 0 saturated heterocycles. The summed E-state index contributed by atoms with van der Waals surface area (Å²) in [6.45, 7) is 0. The molecule has 0 atom stereocenters. The molecular formula is C6H2F12O3S. The van der Waals surface area contributed by atoms with E-state index in [0.29, 0.717) is 0 Å². The minimum absolute atomic E-state index is 1.97. The Morgan fingerprint density at radius 2 is 1.05 bits per heavy atom. The monoisotopic (exact) mass is 382 g/mol. The highest BCUT2D eigenvalue weighted by Gasteiger charge is 2.74. The highest BCUT2D eigenvalue weighted by molar-refractivity contribution is 7.86. The molecule has 3 nitrogen and oxygen atoms in total. The van der Waals surface area contributed by atoms with Crippen LogP contribution in [-0.2, 0) is 14.3 Å². The number of hydrogen-bond donors (Lipinski definition) is 0. The van der Waals surface area contributed by atoms with E-state index in [9.17, 15) is 61.1 Å². The third kappa shape index (κ3) is 4.30. The van der Waals surface area contributed by atoms with E-state index in [0.717, 1.165) is 0 Å². The van der Waals surface area contributed by atoms with Crippen LogP contribution in [0.4, 0.5) is 52.7 Å². The van der Waals surface area contributed by atoms with Crippen LogP contribution in [0.15, 0.2) is 0 Å². The van der Waals surface area contributed by atoms with Gasteiger partial charge in [0, 0.05) is 0 Å². The molecule has 0 aliphatic rings. The van der Waals surface area contributed by atoms with E-state index in [4.69, 9.17) is 0 Å². The molecule has 0 spiro atoms. The first-order chi connectivity index (χ1) is 9.16. The van der Waals surface area contributed by atoms with Crippen LogP contribution in [0.2, 0.25) is 0 Å². The maximum atomic E-state index is 12.6. The largest absolute Gasteiger partial charge is 0.484 e. The molecule has 134 valence electrons. The lowest BCUT2D eigenvalue weighted by atomic mass is 10.2. The standard InChI is InChI=1S/C6H2F12O3S/c7-2(8,3(9,10)4(11,12)13)1-22(19,20)21-6(17,18)5(14,15)16/h1H2. The van der Waals surface area contributed by atoms with Crippen molar-refractivity contribution < 1.29 is 65.3 Å². The Morgan fingerprint density at radius 1 is 0.682 bits per heavy atom. The van der Waals surface area contributed by atoms with E-state index < -0.39 is 46.2 Å². The van der Waals surface area contributed by atoms with Crippen LogP contribution in [0.5, 0.6) is 0 Å². The molecule has 0 radical (unpaired) electrons. The number of halogens is 12. The molecule has 0 aliphatic carbocycles. The molecular weight excluding hydrogens is 380 g/mol. The van der Waals surface area contributed by atoms with E-state index in [1.165, 1.54) is 0 Å². The highest BCUT2D eigenvalue weighted by Crippen LogP contribution is 2.47. The quantitative estimate of drug-likeness (QED) is 0.541. The maximum absolute atomic E-state index is 12.6. The molecule has 0 aromatic heterocycles. The van der Waals surface area contributed by atoms with E-state index in [1.54, 1.807) is 0 Å². The van der Waals surface area contributed by atoms with Crippen molar-refractivity contribution in [3.05, 3.63) is 0 Å². The second-order valence-electron chi connectivity index (χ2n) is 3.58. The fourth-order valence-corrected chi connectivity index (χ4v) is 1.85. The molecule has 0 aromatic rings. The van der Waals surface area contributed by atoms with Crippen LogP contribution in [-0.4, -0.2) is 44.5 Å². The summed E-state index contributed by atoms with van der Waals surface area (Å²) >= 11 is 0. The molecule has 0 unspecified atom stereocenters. The lowest BCUT2D eigenvalue weighted by molar-refractivity contribution is -0.361. The average molecular weight is 382 g/mol. The van der Waals surface area contributed by atoms with Gasteiger partial charge in [-0.05, 0) is 0 Å². The van der Waals surface area contributed by atoms with Gasteiger partial charge < -0.3 is 0 Å². The Morgan fingerprint density at radius 3 is 1.32 bits per heavy atom. The predicted octanol–water partition coefficient (Wildman–Crippen LogP) is 3.32. The van der Waals surface area contributed by atoms with Crippen molar-refractivity contribution in [2.24, 2.45) is 0 Å². The zero-order chi connectivity index (χ0) is 18.4. The third-order valence-electron chi connectivity index (χ3n) is 1.74. The maximum Gasteiger partial charge on any atom is 0.484 e. The summed E-state index contributed by atoms with van der Waals surface area (Å²) in [4.78, 5) is 0. The van der Waals surface area contributed by atoms with Gasteiger partial charge in [0.25, 0.3) is 10.1 Å². The van der Waals surface area contributed by atoms with Crippen molar-refractivity contribution in [1.82, 2.24) is 0 Å². The van der Waals surface area contributed by atoms with Gasteiger partial charge in [-0.25, -0.2) is 0 Å². The van der Waals surface area contributed by atoms with Crippen LogP contribution in [0, 0.1) is 0 Å². The molecule has 0 amide bonds. The molecule has 0 fully saturated rings. The van der Waals surface area contributed by atoms with Gasteiger partial charge in [0.05, 0.1) is 0 Å². The van der Waals surface area contributed by atoms with Crippen molar-refractivity contribution in [3.63, 3.8) is 0 Å². The van der Waals surface area contributed by atoms with Crippen LogP contribution in [0.3, 0.4) is 0 Å². The molecule has 0 N–H and O–H groups in total. The van der Waals surface area contributed by atoms with Crippen molar-refractivity contribution in [1.29, 1.82) is 0 Å². The zero-order valence-electron chi connectivity index (χ0n) is 9.38. The van der Waals surface area contributed by atoms with E-state index in [2.05, 4.69) is 0 Å².